The summed E-state index contributed by atoms with van der Waals surface area (Å²) in [5.41, 5.74) is -0.677. The molecule has 0 bridgehead atoms. The zero-order chi connectivity index (χ0) is 23.1. The first-order chi connectivity index (χ1) is 14.4. The summed E-state index contributed by atoms with van der Waals surface area (Å²) in [6.07, 6.45) is -4.58. The number of hydrogen-bond donors (Lipinski definition) is 1. The molecule has 0 saturated heterocycles. The zero-order valence-electron chi connectivity index (χ0n) is 16.3. The summed E-state index contributed by atoms with van der Waals surface area (Å²) in [6, 6.07) is 2.65. The van der Waals surface area contributed by atoms with Crippen molar-refractivity contribution in [3.8, 4) is 0 Å². The molecule has 1 amide bonds. The fourth-order valence-corrected chi connectivity index (χ4v) is 5.08. The topological polar surface area (TPSA) is 95.0 Å². The van der Waals surface area contributed by atoms with E-state index in [1.807, 2.05) is 0 Å². The fraction of sp³-hybridized carbons (Fsp3) is 0.263. The summed E-state index contributed by atoms with van der Waals surface area (Å²) < 4.78 is 38.8. The van der Waals surface area contributed by atoms with Crippen LogP contribution in [-0.4, -0.2) is 27.1 Å². The Morgan fingerprint density at radius 2 is 1.94 bits per heavy atom. The van der Waals surface area contributed by atoms with Crippen LogP contribution in [0.1, 0.15) is 33.5 Å². The average Bonchev–Trinajstić information content (AvgIpc) is 2.99. The van der Waals surface area contributed by atoms with Gasteiger partial charge in [0.2, 0.25) is 5.91 Å². The van der Waals surface area contributed by atoms with E-state index in [1.54, 1.807) is 20.8 Å². The first-order valence-electron chi connectivity index (χ1n) is 8.71. The molecule has 1 N–H and O–H groups in total. The number of amides is 1. The number of anilines is 1. The van der Waals surface area contributed by atoms with Gasteiger partial charge >= 0.3 is 6.18 Å². The average molecular weight is 489 g/mol. The number of fused-ring (bicyclic) bond motifs is 1. The maximum Gasteiger partial charge on any atom is 0.416 e. The summed E-state index contributed by atoms with van der Waals surface area (Å²) >= 11 is 7.93. The molecule has 31 heavy (non-hydrogen) atoms. The van der Waals surface area contributed by atoms with Crippen molar-refractivity contribution in [3.63, 3.8) is 0 Å². The third kappa shape index (κ3) is 4.94. The summed E-state index contributed by atoms with van der Waals surface area (Å²) in [4.78, 5) is 33.0. The smallest absolute Gasteiger partial charge is 0.416 e. The molecule has 0 spiro atoms. The van der Waals surface area contributed by atoms with Gasteiger partial charge < -0.3 is 15.2 Å². The number of thioether (sulfide) groups is 1. The van der Waals surface area contributed by atoms with Gasteiger partial charge in [-0.1, -0.05) is 23.4 Å². The van der Waals surface area contributed by atoms with Crippen molar-refractivity contribution in [1.82, 2.24) is 9.97 Å². The van der Waals surface area contributed by atoms with E-state index < -0.39 is 28.9 Å². The maximum atomic E-state index is 12.9. The fourth-order valence-electron chi connectivity index (χ4n) is 2.74. The van der Waals surface area contributed by atoms with E-state index in [9.17, 15) is 27.9 Å². The van der Waals surface area contributed by atoms with Crippen LogP contribution < -0.4 is 10.4 Å². The van der Waals surface area contributed by atoms with Crippen molar-refractivity contribution in [3.05, 3.63) is 45.1 Å². The molecule has 1 aromatic carbocycles. The van der Waals surface area contributed by atoms with Crippen LogP contribution in [0.5, 0.6) is 0 Å². The van der Waals surface area contributed by atoms with Crippen LogP contribution in [0, 0.1) is 13.8 Å². The number of thiophene rings is 1. The highest BCUT2D eigenvalue weighted by Gasteiger charge is 2.31. The van der Waals surface area contributed by atoms with Crippen LogP contribution in [0.4, 0.5) is 18.9 Å². The third-order valence-corrected chi connectivity index (χ3v) is 6.84. The standard InChI is InChI=1S/C19H15ClF3N3O3S2/c1-7-13-16(24-9(3)25-17(13)31-14(7)18(28)29)30-8(2)15(27)26-12-6-10(19(21,22)23)4-5-11(12)20/h4-6,8H,1-3H3,(H,26,27)(H,28,29)/p-1/t8-/m0/s1. The Morgan fingerprint density at radius 3 is 2.55 bits per heavy atom. The van der Waals surface area contributed by atoms with Gasteiger partial charge in [0.05, 0.1) is 32.4 Å². The molecule has 2 aromatic heterocycles. The lowest BCUT2D eigenvalue weighted by Gasteiger charge is -2.15. The maximum absolute atomic E-state index is 12.9. The minimum atomic E-state index is -4.58. The molecule has 0 aliphatic rings. The molecule has 0 saturated carbocycles. The normalized spacial score (nSPS) is 12.7. The number of aromatic carboxylic acids is 1. The Bertz CT molecular complexity index is 1200. The number of benzene rings is 1. The lowest BCUT2D eigenvalue weighted by atomic mass is 10.2. The molecule has 1 atom stereocenters. The van der Waals surface area contributed by atoms with Gasteiger partial charge in [-0.15, -0.1) is 11.3 Å². The van der Waals surface area contributed by atoms with Crippen molar-refractivity contribution >= 4 is 62.5 Å². The van der Waals surface area contributed by atoms with Gasteiger partial charge in [-0.3, -0.25) is 4.79 Å². The van der Waals surface area contributed by atoms with E-state index in [4.69, 9.17) is 11.6 Å². The van der Waals surface area contributed by atoms with Gasteiger partial charge in [0.1, 0.15) is 15.7 Å². The van der Waals surface area contributed by atoms with Gasteiger partial charge in [0.25, 0.3) is 0 Å². The van der Waals surface area contributed by atoms with Gasteiger partial charge in [-0.2, -0.15) is 13.2 Å². The van der Waals surface area contributed by atoms with E-state index in [-0.39, 0.29) is 15.6 Å². The lowest BCUT2D eigenvalue weighted by Crippen LogP contribution is -2.23. The van der Waals surface area contributed by atoms with Crippen LogP contribution in [0.25, 0.3) is 10.2 Å². The van der Waals surface area contributed by atoms with Crippen molar-refractivity contribution in [2.75, 3.05) is 5.32 Å². The number of carboxylic acids is 1. The Balaban J connectivity index is 1.88. The molecule has 0 unspecified atom stereocenters. The molecular weight excluding hydrogens is 475 g/mol. The first-order valence-corrected chi connectivity index (χ1v) is 10.8. The second-order valence-corrected chi connectivity index (χ2v) is 9.28. The van der Waals surface area contributed by atoms with Crippen LogP contribution in [0.15, 0.2) is 23.2 Å². The highest BCUT2D eigenvalue weighted by molar-refractivity contribution is 8.00. The first kappa shape index (κ1) is 23.3. The van der Waals surface area contributed by atoms with Crippen molar-refractivity contribution in [1.29, 1.82) is 0 Å². The number of nitrogens with zero attached hydrogens (tertiary/aromatic N) is 2. The number of carbonyl (C=O) groups is 2. The summed E-state index contributed by atoms with van der Waals surface area (Å²) in [5.74, 6) is -1.54. The number of aryl methyl sites for hydroxylation is 2. The Labute approximate surface area is 187 Å². The number of hydrogen-bond acceptors (Lipinski definition) is 7. The van der Waals surface area contributed by atoms with Crippen LogP contribution in [0.3, 0.4) is 0 Å². The Morgan fingerprint density at radius 1 is 1.26 bits per heavy atom. The Hall–Kier alpha value is -2.37. The predicted molar refractivity (Wildman–Crippen MR) is 112 cm³/mol. The van der Waals surface area contributed by atoms with Crippen molar-refractivity contribution in [2.24, 2.45) is 0 Å². The number of aromatic nitrogens is 2. The minimum absolute atomic E-state index is 0.0182. The number of carboxylic acid groups (broad SMARTS) is 1. The molecule has 12 heteroatoms. The second kappa shape index (κ2) is 8.64. The Kier molecular flexibility index (Phi) is 6.49. The van der Waals surface area contributed by atoms with Crippen LogP contribution >= 0.6 is 34.7 Å². The van der Waals surface area contributed by atoms with E-state index >= 15 is 0 Å². The van der Waals surface area contributed by atoms with Gasteiger partial charge in [0.15, 0.2) is 0 Å². The molecule has 0 fully saturated rings. The predicted octanol–water partition coefficient (Wildman–Crippen LogP) is 4.46. The SMILES string of the molecule is Cc1nc(S[C@@H](C)C(=O)Nc2cc(C(F)(F)F)ccc2Cl)c2c(C)c(C(=O)[O-])sc2n1. The quantitative estimate of drug-likeness (QED) is 0.421. The molecule has 0 aliphatic carbocycles. The summed E-state index contributed by atoms with van der Waals surface area (Å²) in [6.45, 7) is 4.77. The third-order valence-electron chi connectivity index (χ3n) is 4.26. The number of alkyl halides is 3. The molecule has 3 aromatic rings. The molecular formula is C19H14ClF3N3O3S2-. The van der Waals surface area contributed by atoms with E-state index in [2.05, 4.69) is 15.3 Å². The monoisotopic (exact) mass is 488 g/mol. The lowest BCUT2D eigenvalue weighted by molar-refractivity contribution is -0.254. The number of nitrogens with one attached hydrogen (secondary N) is 1. The van der Waals surface area contributed by atoms with Crippen LogP contribution in [0.2, 0.25) is 5.02 Å². The van der Waals surface area contributed by atoms with E-state index in [0.29, 0.717) is 26.6 Å². The molecule has 164 valence electrons. The molecule has 0 aliphatic heterocycles. The van der Waals surface area contributed by atoms with Gasteiger partial charge in [0, 0.05) is 5.39 Å². The number of carbonyl (C=O) groups excluding carboxylic acids is 2. The molecule has 2 heterocycles. The molecule has 3 rings (SSSR count). The second-order valence-electron chi connectivity index (χ2n) is 6.54. The highest BCUT2D eigenvalue weighted by atomic mass is 35.5. The largest absolute Gasteiger partial charge is 0.544 e. The van der Waals surface area contributed by atoms with Crippen molar-refractivity contribution < 1.29 is 27.9 Å². The molecule has 6 nitrogen and oxygen atoms in total. The number of halogens is 4. The van der Waals surface area contributed by atoms with E-state index in [1.165, 1.54) is 0 Å². The number of rotatable bonds is 5. The van der Waals surface area contributed by atoms with Crippen molar-refractivity contribution in [2.45, 2.75) is 37.2 Å². The minimum Gasteiger partial charge on any atom is -0.544 e. The summed E-state index contributed by atoms with van der Waals surface area (Å²) in [5, 5.41) is 13.8. The summed E-state index contributed by atoms with van der Waals surface area (Å²) in [7, 11) is 0. The molecule has 0 radical (unpaired) electrons. The van der Waals surface area contributed by atoms with Gasteiger partial charge in [-0.05, 0) is 44.5 Å². The highest BCUT2D eigenvalue weighted by Crippen LogP contribution is 2.38. The zero-order valence-corrected chi connectivity index (χ0v) is 18.6. The van der Waals surface area contributed by atoms with Crippen LogP contribution in [-0.2, 0) is 11.0 Å². The van der Waals surface area contributed by atoms with Gasteiger partial charge in [-0.25, -0.2) is 9.97 Å². The van der Waals surface area contributed by atoms with E-state index in [0.717, 1.165) is 41.3 Å².